The summed E-state index contributed by atoms with van der Waals surface area (Å²) in [6.45, 7) is 0.334. The monoisotopic (exact) mass is 260 g/mol. The van der Waals surface area contributed by atoms with E-state index in [1.54, 1.807) is 11.8 Å². The zero-order chi connectivity index (χ0) is 12.4. The van der Waals surface area contributed by atoms with Gasteiger partial charge in [0.15, 0.2) is 0 Å². The van der Waals surface area contributed by atoms with Crippen LogP contribution >= 0.6 is 11.8 Å². The Kier molecular flexibility index (Phi) is 3.93. The number of esters is 1. The summed E-state index contributed by atoms with van der Waals surface area (Å²) in [4.78, 5) is 23.0. The molecule has 0 aromatic heterocycles. The van der Waals surface area contributed by atoms with Crippen LogP contribution in [0.2, 0.25) is 0 Å². The first kappa shape index (κ1) is 12.7. The molecule has 2 bridgehead atoms. The first-order valence-electron chi connectivity index (χ1n) is 5.69. The molecule has 2 fully saturated rings. The lowest BCUT2D eigenvalue weighted by Gasteiger charge is -2.22. The fourth-order valence-electron chi connectivity index (χ4n) is 2.61. The first-order valence-corrected chi connectivity index (χ1v) is 7.08. The molecule has 0 spiro atoms. The molecule has 2 rings (SSSR count). The predicted octanol–water partition coefficient (Wildman–Crippen LogP) is 0.771. The van der Waals surface area contributed by atoms with E-state index >= 15 is 0 Å². The van der Waals surface area contributed by atoms with Crippen LogP contribution in [0.4, 0.5) is 0 Å². The number of rotatable bonds is 5. The van der Waals surface area contributed by atoms with Crippen molar-refractivity contribution in [3.8, 4) is 0 Å². The molecule has 2 saturated heterocycles. The third-order valence-electron chi connectivity index (χ3n) is 3.36. The van der Waals surface area contributed by atoms with E-state index < -0.39 is 23.8 Å². The maximum atomic E-state index is 11.9. The van der Waals surface area contributed by atoms with Crippen LogP contribution in [0.5, 0.6) is 0 Å². The van der Waals surface area contributed by atoms with Crippen molar-refractivity contribution in [1.82, 2.24) is 0 Å². The maximum Gasteiger partial charge on any atom is 0.312 e. The molecule has 2 aliphatic heterocycles. The minimum atomic E-state index is -0.955. The summed E-state index contributed by atoms with van der Waals surface area (Å²) >= 11 is 1.58. The van der Waals surface area contributed by atoms with Crippen molar-refractivity contribution in [2.75, 3.05) is 18.6 Å². The zero-order valence-electron chi connectivity index (χ0n) is 9.63. The summed E-state index contributed by atoms with van der Waals surface area (Å²) in [5, 5.41) is 9.13. The van der Waals surface area contributed by atoms with Gasteiger partial charge in [0, 0.05) is 5.75 Å². The number of hydrogen-bond donors (Lipinski definition) is 1. The van der Waals surface area contributed by atoms with Gasteiger partial charge in [0.05, 0.1) is 24.0 Å². The Morgan fingerprint density at radius 3 is 2.59 bits per heavy atom. The average molecular weight is 260 g/mol. The first-order chi connectivity index (χ1) is 8.15. The number of hydrogen-bond acceptors (Lipinski definition) is 5. The van der Waals surface area contributed by atoms with Gasteiger partial charge in [0.25, 0.3) is 0 Å². The van der Waals surface area contributed by atoms with Crippen LogP contribution in [0.1, 0.15) is 12.8 Å². The molecule has 17 heavy (non-hydrogen) atoms. The van der Waals surface area contributed by atoms with Crippen molar-refractivity contribution < 1.29 is 24.2 Å². The van der Waals surface area contributed by atoms with Gasteiger partial charge in [-0.1, -0.05) is 0 Å². The quantitative estimate of drug-likeness (QED) is 0.581. The Bertz CT molecular complexity index is 319. The van der Waals surface area contributed by atoms with Gasteiger partial charge in [-0.15, -0.1) is 0 Å². The van der Waals surface area contributed by atoms with Gasteiger partial charge in [-0.3, -0.25) is 9.59 Å². The van der Waals surface area contributed by atoms with Crippen LogP contribution in [0.25, 0.3) is 0 Å². The summed E-state index contributed by atoms with van der Waals surface area (Å²) in [6.07, 6.45) is 2.85. The molecular weight excluding hydrogens is 244 g/mol. The van der Waals surface area contributed by atoms with Gasteiger partial charge < -0.3 is 14.6 Å². The number of thioether (sulfide) groups is 1. The van der Waals surface area contributed by atoms with Crippen molar-refractivity contribution >= 4 is 23.7 Å². The highest BCUT2D eigenvalue weighted by Gasteiger charge is 2.56. The molecule has 0 aromatic carbocycles. The topological polar surface area (TPSA) is 72.8 Å². The van der Waals surface area contributed by atoms with Crippen LogP contribution in [0.3, 0.4) is 0 Å². The van der Waals surface area contributed by atoms with Crippen molar-refractivity contribution in [2.24, 2.45) is 11.8 Å². The molecule has 0 radical (unpaired) electrons. The van der Waals surface area contributed by atoms with Gasteiger partial charge in [-0.25, -0.2) is 0 Å². The largest absolute Gasteiger partial charge is 0.481 e. The van der Waals surface area contributed by atoms with E-state index in [-0.39, 0.29) is 12.2 Å². The second-order valence-corrected chi connectivity index (χ2v) is 5.33. The van der Waals surface area contributed by atoms with Crippen molar-refractivity contribution in [3.05, 3.63) is 0 Å². The smallest absolute Gasteiger partial charge is 0.312 e. The van der Waals surface area contributed by atoms with E-state index in [2.05, 4.69) is 0 Å². The minimum Gasteiger partial charge on any atom is -0.481 e. The van der Waals surface area contributed by atoms with Gasteiger partial charge in [-0.2, -0.15) is 11.8 Å². The summed E-state index contributed by atoms with van der Waals surface area (Å²) in [5.41, 5.74) is 0. The normalized spacial score (nSPS) is 34.9. The number of carboxylic acid groups (broad SMARTS) is 1. The summed E-state index contributed by atoms with van der Waals surface area (Å²) in [7, 11) is 0. The van der Waals surface area contributed by atoms with Crippen molar-refractivity contribution in [1.29, 1.82) is 0 Å². The van der Waals surface area contributed by atoms with E-state index in [9.17, 15) is 9.59 Å². The molecular formula is C11H16O5S. The fraction of sp³-hybridized carbons (Fsp3) is 0.818. The number of aliphatic carboxylic acids is 1. The van der Waals surface area contributed by atoms with Crippen LogP contribution in [-0.4, -0.2) is 47.9 Å². The number of fused-ring (bicyclic) bond motifs is 2. The lowest BCUT2D eigenvalue weighted by atomic mass is 9.79. The second-order valence-electron chi connectivity index (χ2n) is 4.34. The van der Waals surface area contributed by atoms with Crippen LogP contribution in [0.15, 0.2) is 0 Å². The lowest BCUT2D eigenvalue weighted by Crippen LogP contribution is -2.39. The number of carbonyl (C=O) groups excluding carboxylic acids is 1. The third kappa shape index (κ3) is 2.42. The van der Waals surface area contributed by atoms with E-state index in [1.165, 1.54) is 0 Å². The van der Waals surface area contributed by atoms with E-state index in [0.717, 1.165) is 18.6 Å². The molecule has 96 valence electrons. The summed E-state index contributed by atoms with van der Waals surface area (Å²) < 4.78 is 10.6. The molecule has 4 atom stereocenters. The van der Waals surface area contributed by atoms with Crippen molar-refractivity contribution in [3.63, 3.8) is 0 Å². The van der Waals surface area contributed by atoms with E-state index in [4.69, 9.17) is 14.6 Å². The fourth-order valence-corrected chi connectivity index (χ4v) is 2.86. The van der Waals surface area contributed by atoms with E-state index in [1.807, 2.05) is 6.26 Å². The van der Waals surface area contributed by atoms with Crippen LogP contribution in [-0.2, 0) is 19.1 Å². The lowest BCUT2D eigenvalue weighted by molar-refractivity contribution is -0.157. The highest BCUT2D eigenvalue weighted by molar-refractivity contribution is 7.98. The summed E-state index contributed by atoms with van der Waals surface area (Å²) in [5.74, 6) is -1.99. The average Bonchev–Trinajstić information content (AvgIpc) is 2.88. The highest BCUT2D eigenvalue weighted by Crippen LogP contribution is 2.44. The van der Waals surface area contributed by atoms with Crippen molar-refractivity contribution in [2.45, 2.75) is 25.0 Å². The molecule has 2 heterocycles. The zero-order valence-corrected chi connectivity index (χ0v) is 10.4. The standard InChI is InChI=1S/C11H16O5S/c1-17-5-4-15-11(14)9-7-3-2-6(16-7)8(9)10(12)13/h6-9H,2-5H2,1H3,(H,12,13)/t6-,7-,8-,9-/m0/s1. The molecule has 0 aliphatic carbocycles. The minimum absolute atomic E-state index is 0.261. The molecule has 0 amide bonds. The van der Waals surface area contributed by atoms with Gasteiger partial charge in [-0.05, 0) is 19.1 Å². The second kappa shape index (κ2) is 5.27. The molecule has 6 heteroatoms. The van der Waals surface area contributed by atoms with Crippen LogP contribution < -0.4 is 0 Å². The number of carboxylic acids is 1. The Balaban J connectivity index is 1.98. The maximum absolute atomic E-state index is 11.9. The number of ether oxygens (including phenoxy) is 2. The number of carbonyl (C=O) groups is 2. The van der Waals surface area contributed by atoms with Crippen LogP contribution in [0, 0.1) is 11.8 Å². The molecule has 1 N–H and O–H groups in total. The molecule has 2 aliphatic rings. The van der Waals surface area contributed by atoms with Gasteiger partial charge in [0.2, 0.25) is 0 Å². The van der Waals surface area contributed by atoms with E-state index in [0.29, 0.717) is 6.61 Å². The Morgan fingerprint density at radius 2 is 2.00 bits per heavy atom. The SMILES string of the molecule is CSCCOC(=O)[C@@H]1[C@@H](C(=O)O)[C@@H]2CC[C@@H]1O2. The Hall–Kier alpha value is -0.750. The molecule has 0 aromatic rings. The Morgan fingerprint density at radius 1 is 1.35 bits per heavy atom. The van der Waals surface area contributed by atoms with Gasteiger partial charge in [0.1, 0.15) is 6.61 Å². The van der Waals surface area contributed by atoms with Gasteiger partial charge >= 0.3 is 11.9 Å². The highest BCUT2D eigenvalue weighted by atomic mass is 32.2. The molecule has 0 unspecified atom stereocenters. The molecule has 5 nitrogen and oxygen atoms in total. The Labute approximate surface area is 104 Å². The summed E-state index contributed by atoms with van der Waals surface area (Å²) in [6, 6.07) is 0. The third-order valence-corrected chi connectivity index (χ3v) is 3.94. The predicted molar refractivity (Wildman–Crippen MR) is 61.9 cm³/mol. The molecule has 0 saturated carbocycles.